The Morgan fingerprint density at radius 1 is 1.29 bits per heavy atom. The van der Waals surface area contributed by atoms with E-state index < -0.39 is 11.8 Å². The summed E-state index contributed by atoms with van der Waals surface area (Å²) in [4.78, 5) is 36.2. The molecule has 3 amide bonds. The molecule has 1 saturated heterocycles. The van der Waals surface area contributed by atoms with Crippen LogP contribution in [0.1, 0.15) is 20.3 Å². The van der Waals surface area contributed by atoms with Crippen molar-refractivity contribution in [3.8, 4) is 0 Å². The Balaban J connectivity index is 2.07. The van der Waals surface area contributed by atoms with Gasteiger partial charge in [-0.2, -0.15) is 0 Å². The first-order valence-corrected chi connectivity index (χ1v) is 6.89. The molecule has 0 aromatic heterocycles. The Bertz CT molecular complexity index is 566. The van der Waals surface area contributed by atoms with Crippen LogP contribution in [0, 0.1) is 11.8 Å². The summed E-state index contributed by atoms with van der Waals surface area (Å²) in [6, 6.07) is 6.97. The number of hydrogen-bond acceptors (Lipinski definition) is 3. The van der Waals surface area contributed by atoms with Crippen molar-refractivity contribution in [2.24, 2.45) is 17.6 Å². The van der Waals surface area contributed by atoms with Crippen LogP contribution in [-0.4, -0.2) is 24.3 Å². The van der Waals surface area contributed by atoms with E-state index in [1.165, 1.54) is 0 Å². The van der Waals surface area contributed by atoms with Gasteiger partial charge in [0.15, 0.2) is 0 Å². The number of carbonyl (C=O) groups excluding carboxylic acids is 3. The molecule has 1 heterocycles. The Morgan fingerprint density at radius 3 is 2.38 bits per heavy atom. The molecule has 6 nitrogen and oxygen atoms in total. The quantitative estimate of drug-likeness (QED) is 0.870. The predicted molar refractivity (Wildman–Crippen MR) is 79.6 cm³/mol. The van der Waals surface area contributed by atoms with Gasteiger partial charge in [-0.3, -0.25) is 14.4 Å². The third kappa shape index (κ3) is 3.39. The van der Waals surface area contributed by atoms with Crippen molar-refractivity contribution in [2.45, 2.75) is 20.3 Å². The predicted octanol–water partition coefficient (Wildman–Crippen LogP) is 1.12. The van der Waals surface area contributed by atoms with E-state index in [9.17, 15) is 14.4 Å². The summed E-state index contributed by atoms with van der Waals surface area (Å²) < 4.78 is 0. The van der Waals surface area contributed by atoms with E-state index in [0.717, 1.165) is 0 Å². The number of anilines is 2. The van der Waals surface area contributed by atoms with Crippen LogP contribution in [0.2, 0.25) is 0 Å². The molecule has 1 fully saturated rings. The summed E-state index contributed by atoms with van der Waals surface area (Å²) in [6.45, 7) is 3.94. The largest absolute Gasteiger partial charge is 0.369 e. The third-order valence-corrected chi connectivity index (χ3v) is 3.50. The zero-order valence-electron chi connectivity index (χ0n) is 12.1. The molecule has 3 N–H and O–H groups in total. The topological polar surface area (TPSA) is 92.5 Å². The van der Waals surface area contributed by atoms with Gasteiger partial charge >= 0.3 is 0 Å². The molecule has 1 aliphatic rings. The molecule has 6 heteroatoms. The third-order valence-electron chi connectivity index (χ3n) is 3.50. The smallest absolute Gasteiger partial charge is 0.227 e. The van der Waals surface area contributed by atoms with E-state index in [2.05, 4.69) is 5.32 Å². The summed E-state index contributed by atoms with van der Waals surface area (Å²) in [6.07, 6.45) is 0.154. The molecule has 0 bridgehead atoms. The maximum atomic E-state index is 11.9. The molecule has 1 aliphatic heterocycles. The van der Waals surface area contributed by atoms with Gasteiger partial charge in [0.25, 0.3) is 0 Å². The minimum absolute atomic E-state index is 0.0613. The summed E-state index contributed by atoms with van der Waals surface area (Å²) in [5, 5.41) is 2.78. The van der Waals surface area contributed by atoms with Crippen LogP contribution >= 0.6 is 0 Å². The van der Waals surface area contributed by atoms with Crippen molar-refractivity contribution in [1.82, 2.24) is 0 Å². The van der Waals surface area contributed by atoms with Crippen LogP contribution in [0.25, 0.3) is 0 Å². The van der Waals surface area contributed by atoms with Crippen molar-refractivity contribution in [2.75, 3.05) is 16.8 Å². The molecule has 1 aromatic rings. The average Bonchev–Trinajstić information content (AvgIpc) is 2.82. The Morgan fingerprint density at radius 2 is 1.90 bits per heavy atom. The fraction of sp³-hybridized carbons (Fsp3) is 0.400. The van der Waals surface area contributed by atoms with E-state index in [4.69, 9.17) is 5.73 Å². The molecule has 0 spiro atoms. The van der Waals surface area contributed by atoms with Crippen molar-refractivity contribution in [3.05, 3.63) is 24.3 Å². The number of nitrogens with zero attached hydrogens (tertiary/aromatic N) is 1. The van der Waals surface area contributed by atoms with Gasteiger partial charge in [-0.05, 0) is 24.3 Å². The molecular weight excluding hydrogens is 270 g/mol. The molecule has 1 aromatic carbocycles. The molecule has 112 valence electrons. The Hall–Kier alpha value is -2.37. The Kier molecular flexibility index (Phi) is 4.26. The molecule has 0 saturated carbocycles. The summed E-state index contributed by atoms with van der Waals surface area (Å²) in [7, 11) is 0. The lowest BCUT2D eigenvalue weighted by molar-refractivity contribution is -0.123. The van der Waals surface area contributed by atoms with E-state index in [1.807, 2.05) is 13.8 Å². The zero-order valence-corrected chi connectivity index (χ0v) is 12.1. The Labute approximate surface area is 123 Å². The fourth-order valence-electron chi connectivity index (χ4n) is 2.16. The molecular formula is C15H19N3O3. The summed E-state index contributed by atoms with van der Waals surface area (Å²) >= 11 is 0. The van der Waals surface area contributed by atoms with Gasteiger partial charge in [0.05, 0.1) is 5.92 Å². The van der Waals surface area contributed by atoms with Gasteiger partial charge in [-0.25, -0.2) is 0 Å². The summed E-state index contributed by atoms with van der Waals surface area (Å²) in [5.41, 5.74) is 6.62. The normalized spacial score (nSPS) is 18.1. The van der Waals surface area contributed by atoms with Crippen LogP contribution in [0.4, 0.5) is 11.4 Å². The number of carbonyl (C=O) groups is 3. The molecule has 2 rings (SSSR count). The lowest BCUT2D eigenvalue weighted by atomic mass is 10.1. The maximum Gasteiger partial charge on any atom is 0.227 e. The SMILES string of the molecule is CC(C)C(=O)Nc1ccc(N2C[C@@H](C(N)=O)CC2=O)cc1. The number of hydrogen-bond donors (Lipinski definition) is 2. The van der Waals surface area contributed by atoms with E-state index in [1.54, 1.807) is 29.2 Å². The zero-order chi connectivity index (χ0) is 15.6. The minimum atomic E-state index is -0.452. The van der Waals surface area contributed by atoms with Crippen LogP contribution in [0.5, 0.6) is 0 Å². The van der Waals surface area contributed by atoms with E-state index >= 15 is 0 Å². The van der Waals surface area contributed by atoms with E-state index in [-0.39, 0.29) is 24.2 Å². The highest BCUT2D eigenvalue weighted by Crippen LogP contribution is 2.26. The van der Waals surface area contributed by atoms with Gasteiger partial charge in [0.2, 0.25) is 17.7 Å². The van der Waals surface area contributed by atoms with E-state index in [0.29, 0.717) is 17.9 Å². The van der Waals surface area contributed by atoms with Gasteiger partial charge in [0, 0.05) is 30.3 Å². The number of primary amides is 1. The van der Waals surface area contributed by atoms with Crippen molar-refractivity contribution in [3.63, 3.8) is 0 Å². The van der Waals surface area contributed by atoms with Gasteiger partial charge < -0.3 is 16.0 Å². The van der Waals surface area contributed by atoms with Gasteiger partial charge in [-0.15, -0.1) is 0 Å². The molecule has 0 aliphatic carbocycles. The van der Waals surface area contributed by atoms with Crippen molar-refractivity contribution in [1.29, 1.82) is 0 Å². The second-order valence-corrected chi connectivity index (χ2v) is 5.50. The summed E-state index contributed by atoms with van der Waals surface area (Å²) in [5.74, 6) is -1.16. The lowest BCUT2D eigenvalue weighted by Gasteiger charge is -2.17. The second-order valence-electron chi connectivity index (χ2n) is 5.50. The number of rotatable bonds is 4. The molecule has 1 atom stereocenters. The number of benzene rings is 1. The van der Waals surface area contributed by atoms with Crippen LogP contribution in [0.3, 0.4) is 0 Å². The highest BCUT2D eigenvalue weighted by atomic mass is 16.2. The maximum absolute atomic E-state index is 11.9. The fourth-order valence-corrected chi connectivity index (χ4v) is 2.16. The first kappa shape index (κ1) is 15.0. The highest BCUT2D eigenvalue weighted by Gasteiger charge is 2.33. The van der Waals surface area contributed by atoms with Gasteiger partial charge in [-0.1, -0.05) is 13.8 Å². The monoisotopic (exact) mass is 289 g/mol. The molecule has 0 unspecified atom stereocenters. The first-order valence-electron chi connectivity index (χ1n) is 6.89. The average molecular weight is 289 g/mol. The van der Waals surface area contributed by atoms with Crippen molar-refractivity contribution >= 4 is 29.1 Å². The van der Waals surface area contributed by atoms with Crippen molar-refractivity contribution < 1.29 is 14.4 Å². The van der Waals surface area contributed by atoms with Crippen LogP contribution in [0.15, 0.2) is 24.3 Å². The number of nitrogens with two attached hydrogens (primary N) is 1. The van der Waals surface area contributed by atoms with Crippen LogP contribution < -0.4 is 16.0 Å². The van der Waals surface area contributed by atoms with Gasteiger partial charge in [0.1, 0.15) is 0 Å². The van der Waals surface area contributed by atoms with Crippen LogP contribution in [-0.2, 0) is 14.4 Å². The molecule has 0 radical (unpaired) electrons. The highest BCUT2D eigenvalue weighted by molar-refractivity contribution is 6.00. The first-order chi connectivity index (χ1) is 9.88. The minimum Gasteiger partial charge on any atom is -0.369 e. The lowest BCUT2D eigenvalue weighted by Crippen LogP contribution is -2.28. The second kappa shape index (κ2) is 5.95. The number of nitrogens with one attached hydrogen (secondary N) is 1. The standard InChI is InChI=1S/C15H19N3O3/c1-9(2)15(21)17-11-3-5-12(6-4-11)18-8-10(14(16)20)7-13(18)19/h3-6,9-10H,7-8H2,1-2H3,(H2,16,20)(H,17,21)/t10-/m0/s1. The molecule has 21 heavy (non-hydrogen) atoms. The number of amides is 3.